The summed E-state index contributed by atoms with van der Waals surface area (Å²) in [6.45, 7) is -0.248. The summed E-state index contributed by atoms with van der Waals surface area (Å²) in [5, 5.41) is 6.79. The van der Waals surface area contributed by atoms with Gasteiger partial charge in [-0.05, 0) is 17.7 Å². The Hall–Kier alpha value is -4.39. The minimum absolute atomic E-state index is 0.231. The number of H-pyrrole nitrogens is 1. The van der Waals surface area contributed by atoms with Gasteiger partial charge >= 0.3 is 0 Å². The minimum Gasteiger partial charge on any atom is -0.483 e. The van der Waals surface area contributed by atoms with Crippen molar-refractivity contribution in [2.75, 3.05) is 6.61 Å². The third kappa shape index (κ3) is 4.97. The number of amides is 2. The molecule has 0 unspecified atom stereocenters. The van der Waals surface area contributed by atoms with Crippen molar-refractivity contribution in [3.8, 4) is 28.1 Å². The van der Waals surface area contributed by atoms with Gasteiger partial charge in [0.25, 0.3) is 11.8 Å². The van der Waals surface area contributed by atoms with E-state index in [4.69, 9.17) is 4.74 Å². The van der Waals surface area contributed by atoms with Gasteiger partial charge < -0.3 is 4.74 Å². The number of para-hydroxylation sites is 1. The molecule has 3 N–H and O–H groups in total. The van der Waals surface area contributed by atoms with Crippen LogP contribution in [0, 0.1) is 0 Å². The molecule has 0 fully saturated rings. The SMILES string of the molecule is O=C(COc1ccccc1-c1ccccc1)NNC(=O)c1cc(-c2ccccc2)n[nH]1. The van der Waals surface area contributed by atoms with E-state index < -0.39 is 11.8 Å². The molecule has 7 nitrogen and oxygen atoms in total. The molecular weight excluding hydrogens is 392 g/mol. The molecule has 0 aliphatic carbocycles. The Morgan fingerprint density at radius 2 is 1.45 bits per heavy atom. The van der Waals surface area contributed by atoms with Gasteiger partial charge in [-0.2, -0.15) is 5.10 Å². The van der Waals surface area contributed by atoms with Crippen molar-refractivity contribution in [2.24, 2.45) is 0 Å². The summed E-state index contributed by atoms with van der Waals surface area (Å²) < 4.78 is 5.67. The van der Waals surface area contributed by atoms with Crippen LogP contribution in [-0.2, 0) is 4.79 Å². The number of carbonyl (C=O) groups is 2. The predicted molar refractivity (Wildman–Crippen MR) is 117 cm³/mol. The van der Waals surface area contributed by atoms with Crippen molar-refractivity contribution in [1.82, 2.24) is 21.0 Å². The summed E-state index contributed by atoms with van der Waals surface area (Å²) in [6, 6.07) is 28.3. The van der Waals surface area contributed by atoms with Gasteiger partial charge in [-0.15, -0.1) is 0 Å². The van der Waals surface area contributed by atoms with E-state index in [0.29, 0.717) is 11.4 Å². The Bertz CT molecular complexity index is 1170. The van der Waals surface area contributed by atoms with Gasteiger partial charge in [0, 0.05) is 11.1 Å². The standard InChI is InChI=1S/C24H20N4O3/c29-23(16-31-22-14-8-7-13-19(22)17-9-3-1-4-10-17)27-28-24(30)21-15-20(25-26-21)18-11-5-2-6-12-18/h1-15H,16H2,(H,25,26)(H,27,29)(H,28,30). The van der Waals surface area contributed by atoms with E-state index in [1.165, 1.54) is 0 Å². The first-order chi connectivity index (χ1) is 15.2. The van der Waals surface area contributed by atoms with Gasteiger partial charge in [0.2, 0.25) is 0 Å². The number of ether oxygens (including phenoxy) is 1. The van der Waals surface area contributed by atoms with E-state index in [-0.39, 0.29) is 12.3 Å². The molecule has 0 spiro atoms. The zero-order chi connectivity index (χ0) is 21.5. The van der Waals surface area contributed by atoms with E-state index in [0.717, 1.165) is 16.7 Å². The van der Waals surface area contributed by atoms with E-state index in [9.17, 15) is 9.59 Å². The molecule has 31 heavy (non-hydrogen) atoms. The maximum Gasteiger partial charge on any atom is 0.287 e. The monoisotopic (exact) mass is 412 g/mol. The molecule has 154 valence electrons. The van der Waals surface area contributed by atoms with Crippen molar-refractivity contribution < 1.29 is 14.3 Å². The van der Waals surface area contributed by atoms with E-state index in [1.54, 1.807) is 12.1 Å². The lowest BCUT2D eigenvalue weighted by atomic mass is 10.1. The van der Waals surface area contributed by atoms with Crippen LogP contribution in [-0.4, -0.2) is 28.6 Å². The average molecular weight is 412 g/mol. The number of rotatable bonds is 6. The second kappa shape index (κ2) is 9.41. The van der Waals surface area contributed by atoms with Gasteiger partial charge in [0.15, 0.2) is 6.61 Å². The number of carbonyl (C=O) groups excluding carboxylic acids is 2. The van der Waals surface area contributed by atoms with E-state index in [2.05, 4.69) is 21.0 Å². The van der Waals surface area contributed by atoms with Crippen LogP contribution in [0.5, 0.6) is 5.75 Å². The van der Waals surface area contributed by atoms with Gasteiger partial charge in [-0.3, -0.25) is 25.5 Å². The first-order valence-electron chi connectivity index (χ1n) is 9.68. The fraction of sp³-hybridized carbons (Fsp3) is 0.0417. The first kappa shape index (κ1) is 19.9. The van der Waals surface area contributed by atoms with Crippen molar-refractivity contribution in [1.29, 1.82) is 0 Å². The van der Waals surface area contributed by atoms with E-state index in [1.807, 2.05) is 78.9 Å². The largest absolute Gasteiger partial charge is 0.483 e. The van der Waals surface area contributed by atoms with Crippen molar-refractivity contribution in [3.05, 3.63) is 96.7 Å². The Morgan fingerprint density at radius 3 is 2.19 bits per heavy atom. The highest BCUT2D eigenvalue weighted by Gasteiger charge is 2.13. The summed E-state index contributed by atoms with van der Waals surface area (Å²) in [5.74, 6) is -0.414. The summed E-state index contributed by atoms with van der Waals surface area (Å²) >= 11 is 0. The number of aromatic nitrogens is 2. The number of benzene rings is 3. The number of hydrogen-bond donors (Lipinski definition) is 3. The molecule has 0 saturated carbocycles. The quantitative estimate of drug-likeness (QED) is 0.422. The number of nitrogens with zero attached hydrogens (tertiary/aromatic N) is 1. The zero-order valence-electron chi connectivity index (χ0n) is 16.5. The molecule has 1 aromatic heterocycles. The molecule has 0 aliphatic rings. The smallest absolute Gasteiger partial charge is 0.287 e. The lowest BCUT2D eigenvalue weighted by molar-refractivity contribution is -0.123. The second-order valence-corrected chi connectivity index (χ2v) is 6.69. The van der Waals surface area contributed by atoms with Gasteiger partial charge in [-0.25, -0.2) is 0 Å². The van der Waals surface area contributed by atoms with Crippen molar-refractivity contribution in [2.45, 2.75) is 0 Å². The molecule has 3 aromatic carbocycles. The Labute approximate surface area is 179 Å². The maximum absolute atomic E-state index is 12.3. The highest BCUT2D eigenvalue weighted by atomic mass is 16.5. The summed E-state index contributed by atoms with van der Waals surface area (Å²) in [7, 11) is 0. The maximum atomic E-state index is 12.3. The molecule has 0 radical (unpaired) electrons. The van der Waals surface area contributed by atoms with Crippen LogP contribution in [0.3, 0.4) is 0 Å². The van der Waals surface area contributed by atoms with E-state index >= 15 is 0 Å². The van der Waals surface area contributed by atoms with Gasteiger partial charge in [-0.1, -0.05) is 78.9 Å². The molecule has 0 saturated heterocycles. The zero-order valence-corrected chi connectivity index (χ0v) is 16.5. The summed E-state index contributed by atoms with van der Waals surface area (Å²) in [5.41, 5.74) is 8.32. The van der Waals surface area contributed by atoms with Gasteiger partial charge in [0.1, 0.15) is 11.4 Å². The molecule has 0 atom stereocenters. The van der Waals surface area contributed by atoms with Crippen LogP contribution in [0.15, 0.2) is 91.0 Å². The summed E-state index contributed by atoms with van der Waals surface area (Å²) in [4.78, 5) is 24.4. The Kier molecular flexibility index (Phi) is 6.04. The van der Waals surface area contributed by atoms with Crippen LogP contribution in [0.25, 0.3) is 22.4 Å². The lowest BCUT2D eigenvalue weighted by Crippen LogP contribution is -2.44. The summed E-state index contributed by atoms with van der Waals surface area (Å²) in [6.07, 6.45) is 0. The van der Waals surface area contributed by atoms with Crippen LogP contribution >= 0.6 is 0 Å². The third-order valence-corrected chi connectivity index (χ3v) is 4.54. The van der Waals surface area contributed by atoms with Gasteiger partial charge in [0.05, 0.1) is 5.69 Å². The highest BCUT2D eigenvalue weighted by molar-refractivity contribution is 5.94. The molecule has 4 rings (SSSR count). The van der Waals surface area contributed by atoms with Crippen LogP contribution in [0.2, 0.25) is 0 Å². The minimum atomic E-state index is -0.507. The van der Waals surface area contributed by atoms with Crippen molar-refractivity contribution >= 4 is 11.8 Å². The molecule has 7 heteroatoms. The number of hydrazine groups is 1. The normalized spacial score (nSPS) is 10.3. The number of nitrogens with one attached hydrogen (secondary N) is 3. The molecule has 4 aromatic rings. The van der Waals surface area contributed by atoms with Crippen LogP contribution in [0.1, 0.15) is 10.5 Å². The first-order valence-corrected chi connectivity index (χ1v) is 9.68. The molecule has 1 heterocycles. The molecule has 0 aliphatic heterocycles. The third-order valence-electron chi connectivity index (χ3n) is 4.54. The average Bonchev–Trinajstić information content (AvgIpc) is 3.33. The lowest BCUT2D eigenvalue weighted by Gasteiger charge is -2.12. The Balaban J connectivity index is 1.32. The molecule has 0 bridgehead atoms. The number of aromatic amines is 1. The second-order valence-electron chi connectivity index (χ2n) is 6.69. The predicted octanol–water partition coefficient (Wildman–Crippen LogP) is 3.58. The van der Waals surface area contributed by atoms with Crippen LogP contribution in [0.4, 0.5) is 0 Å². The fourth-order valence-electron chi connectivity index (χ4n) is 3.02. The Morgan fingerprint density at radius 1 is 0.806 bits per heavy atom. The van der Waals surface area contributed by atoms with Crippen LogP contribution < -0.4 is 15.6 Å². The topological polar surface area (TPSA) is 96.1 Å². The highest BCUT2D eigenvalue weighted by Crippen LogP contribution is 2.29. The van der Waals surface area contributed by atoms with Crippen molar-refractivity contribution in [3.63, 3.8) is 0 Å². The molecular formula is C24H20N4O3. The fourth-order valence-corrected chi connectivity index (χ4v) is 3.02. The number of hydrogen-bond acceptors (Lipinski definition) is 4. The molecule has 2 amide bonds.